The van der Waals surface area contributed by atoms with Gasteiger partial charge in [0.25, 0.3) is 0 Å². The average molecular weight is 352 g/mol. The molecule has 0 amide bonds. The second-order valence-corrected chi connectivity index (χ2v) is 5.36. The third-order valence-corrected chi connectivity index (χ3v) is 3.78. The van der Waals surface area contributed by atoms with E-state index in [0.717, 1.165) is 0 Å². The summed E-state index contributed by atoms with van der Waals surface area (Å²) in [6.45, 7) is 0. The van der Waals surface area contributed by atoms with Crippen LogP contribution < -0.4 is 0 Å². The number of esters is 1. The first-order valence-electron chi connectivity index (χ1n) is 6.74. The lowest BCUT2D eigenvalue weighted by atomic mass is 9.98. The van der Waals surface area contributed by atoms with Crippen LogP contribution in [0, 0.1) is 17.5 Å². The van der Waals surface area contributed by atoms with Gasteiger partial charge in [-0.1, -0.05) is 11.6 Å². The molecule has 0 bridgehead atoms. The molecule has 3 aromatic rings. The fraction of sp³-hybridized carbons (Fsp3) is 0.0588. The third kappa shape index (κ3) is 2.69. The Balaban J connectivity index is 2.37. The average Bonchev–Trinajstić information content (AvgIpc) is 2.53. The van der Waals surface area contributed by atoms with Gasteiger partial charge in [0, 0.05) is 23.7 Å². The highest BCUT2D eigenvalue weighted by Crippen LogP contribution is 2.35. The fourth-order valence-corrected chi connectivity index (χ4v) is 2.73. The van der Waals surface area contributed by atoms with Gasteiger partial charge < -0.3 is 4.74 Å². The number of methoxy groups -OCH3 is 1. The molecule has 24 heavy (non-hydrogen) atoms. The van der Waals surface area contributed by atoms with Gasteiger partial charge >= 0.3 is 5.97 Å². The van der Waals surface area contributed by atoms with E-state index in [-0.39, 0.29) is 27.1 Å². The summed E-state index contributed by atoms with van der Waals surface area (Å²) >= 11 is 6.11. The number of carbonyl (C=O) groups excluding carboxylic acids is 1. The number of nitrogens with zero attached hydrogens (tertiary/aromatic N) is 1. The highest BCUT2D eigenvalue weighted by Gasteiger charge is 2.19. The van der Waals surface area contributed by atoms with E-state index >= 15 is 0 Å². The van der Waals surface area contributed by atoms with Crippen LogP contribution in [-0.2, 0) is 4.74 Å². The molecule has 7 heteroatoms. The molecule has 0 aliphatic heterocycles. The molecular weight excluding hydrogens is 343 g/mol. The largest absolute Gasteiger partial charge is 0.465 e. The molecule has 1 aromatic heterocycles. The molecule has 0 aliphatic carbocycles. The number of fused-ring (bicyclic) bond motifs is 1. The van der Waals surface area contributed by atoms with Crippen molar-refractivity contribution >= 4 is 28.5 Å². The van der Waals surface area contributed by atoms with Crippen LogP contribution in [-0.4, -0.2) is 18.1 Å². The molecule has 0 radical (unpaired) electrons. The van der Waals surface area contributed by atoms with E-state index in [1.54, 1.807) is 0 Å². The van der Waals surface area contributed by atoms with Crippen LogP contribution in [0.15, 0.2) is 36.5 Å². The van der Waals surface area contributed by atoms with Crippen LogP contribution in [0.25, 0.3) is 22.0 Å². The Morgan fingerprint density at radius 1 is 1.12 bits per heavy atom. The fourth-order valence-electron chi connectivity index (χ4n) is 2.46. The molecule has 0 atom stereocenters. The van der Waals surface area contributed by atoms with E-state index in [1.807, 2.05) is 0 Å². The summed E-state index contributed by atoms with van der Waals surface area (Å²) in [6, 6.07) is 5.24. The Hall–Kier alpha value is -2.60. The van der Waals surface area contributed by atoms with Gasteiger partial charge in [-0.2, -0.15) is 0 Å². The molecule has 122 valence electrons. The molecule has 0 saturated heterocycles. The molecule has 0 N–H and O–H groups in total. The molecular formula is C17H9ClF3NO2. The molecule has 0 fully saturated rings. The van der Waals surface area contributed by atoms with Crippen molar-refractivity contribution < 1.29 is 22.7 Å². The number of rotatable bonds is 2. The predicted molar refractivity (Wildman–Crippen MR) is 83.4 cm³/mol. The Morgan fingerprint density at radius 2 is 1.79 bits per heavy atom. The maximum absolute atomic E-state index is 14.1. The summed E-state index contributed by atoms with van der Waals surface area (Å²) in [6.07, 6.45) is 1.32. The minimum atomic E-state index is -1.07. The van der Waals surface area contributed by atoms with E-state index in [4.69, 9.17) is 11.6 Å². The highest BCUT2D eigenvalue weighted by atomic mass is 35.5. The molecule has 3 rings (SSSR count). The number of pyridine rings is 1. The number of hydrogen-bond donors (Lipinski definition) is 0. The van der Waals surface area contributed by atoms with Crippen molar-refractivity contribution in [2.75, 3.05) is 7.11 Å². The van der Waals surface area contributed by atoms with Gasteiger partial charge in [-0.3, -0.25) is 4.98 Å². The van der Waals surface area contributed by atoms with Crippen molar-refractivity contribution in [2.45, 2.75) is 0 Å². The molecule has 3 nitrogen and oxygen atoms in total. The van der Waals surface area contributed by atoms with Gasteiger partial charge in [-0.25, -0.2) is 18.0 Å². The number of hydrogen-bond acceptors (Lipinski definition) is 3. The molecule has 0 spiro atoms. The van der Waals surface area contributed by atoms with Crippen LogP contribution in [0.2, 0.25) is 5.02 Å². The quantitative estimate of drug-likeness (QED) is 0.625. The molecule has 0 saturated carbocycles. The standard InChI is InChI=1S/C17H9ClF3NO2/c1-24-17(23)8-4-11-10(2-3-22-16(11)12(18)5-8)15-13(20)6-9(19)7-14(15)21/h2-7H,1H3. The number of benzene rings is 2. The molecule has 2 aromatic carbocycles. The topological polar surface area (TPSA) is 39.2 Å². The summed E-state index contributed by atoms with van der Waals surface area (Å²) in [7, 11) is 1.20. The van der Waals surface area contributed by atoms with Crippen LogP contribution >= 0.6 is 11.6 Å². The maximum Gasteiger partial charge on any atom is 0.337 e. The van der Waals surface area contributed by atoms with E-state index < -0.39 is 29.0 Å². The van der Waals surface area contributed by atoms with Gasteiger partial charge in [-0.05, 0) is 23.8 Å². The van der Waals surface area contributed by atoms with Crippen molar-refractivity contribution in [1.29, 1.82) is 0 Å². The monoisotopic (exact) mass is 351 g/mol. The van der Waals surface area contributed by atoms with Crippen molar-refractivity contribution in [3.05, 3.63) is 64.6 Å². The van der Waals surface area contributed by atoms with Gasteiger partial charge in [-0.15, -0.1) is 0 Å². The first-order valence-corrected chi connectivity index (χ1v) is 7.11. The number of ether oxygens (including phenoxy) is 1. The predicted octanol–water partition coefficient (Wildman–Crippen LogP) is 4.76. The lowest BCUT2D eigenvalue weighted by Crippen LogP contribution is -2.02. The first kappa shape index (κ1) is 16.3. The number of carbonyl (C=O) groups is 1. The SMILES string of the molecule is COC(=O)c1cc(Cl)c2nccc(-c3c(F)cc(F)cc3F)c2c1. The van der Waals surface area contributed by atoms with E-state index in [0.29, 0.717) is 12.1 Å². The minimum absolute atomic E-state index is 0.0997. The summed E-state index contributed by atoms with van der Waals surface area (Å²) in [5.74, 6) is -3.83. The second-order valence-electron chi connectivity index (χ2n) is 4.95. The lowest BCUT2D eigenvalue weighted by molar-refractivity contribution is 0.0601. The smallest absolute Gasteiger partial charge is 0.337 e. The van der Waals surface area contributed by atoms with Crippen LogP contribution in [0.5, 0.6) is 0 Å². The molecule has 0 aliphatic rings. The number of aromatic nitrogens is 1. The van der Waals surface area contributed by atoms with Crippen LogP contribution in [0.4, 0.5) is 13.2 Å². The molecule has 1 heterocycles. The Bertz CT molecular complexity index is 952. The Labute approximate surface area is 139 Å². The Morgan fingerprint density at radius 3 is 2.42 bits per heavy atom. The van der Waals surface area contributed by atoms with Crippen molar-refractivity contribution in [2.24, 2.45) is 0 Å². The number of halogens is 4. The van der Waals surface area contributed by atoms with Gasteiger partial charge in [0.15, 0.2) is 0 Å². The maximum atomic E-state index is 14.1. The summed E-state index contributed by atoms with van der Waals surface area (Å²) < 4.78 is 46.0. The zero-order valence-electron chi connectivity index (χ0n) is 12.2. The van der Waals surface area contributed by atoms with E-state index in [2.05, 4.69) is 9.72 Å². The van der Waals surface area contributed by atoms with Crippen molar-refractivity contribution in [1.82, 2.24) is 4.98 Å². The zero-order chi connectivity index (χ0) is 17.4. The summed E-state index contributed by atoms with van der Waals surface area (Å²) in [5, 5.41) is 0.368. The first-order chi connectivity index (χ1) is 11.4. The Kier molecular flexibility index (Phi) is 4.15. The van der Waals surface area contributed by atoms with Crippen molar-refractivity contribution in [3.63, 3.8) is 0 Å². The lowest BCUT2D eigenvalue weighted by Gasteiger charge is -2.11. The highest BCUT2D eigenvalue weighted by molar-refractivity contribution is 6.35. The van der Waals surface area contributed by atoms with E-state index in [9.17, 15) is 18.0 Å². The van der Waals surface area contributed by atoms with Gasteiger partial charge in [0.05, 0.1) is 28.8 Å². The van der Waals surface area contributed by atoms with Crippen LogP contribution in [0.3, 0.4) is 0 Å². The normalized spacial score (nSPS) is 10.9. The van der Waals surface area contributed by atoms with Gasteiger partial charge in [0.2, 0.25) is 0 Å². The van der Waals surface area contributed by atoms with Gasteiger partial charge in [0.1, 0.15) is 17.5 Å². The minimum Gasteiger partial charge on any atom is -0.465 e. The van der Waals surface area contributed by atoms with E-state index in [1.165, 1.54) is 31.5 Å². The van der Waals surface area contributed by atoms with Crippen LogP contribution in [0.1, 0.15) is 10.4 Å². The van der Waals surface area contributed by atoms with Crippen molar-refractivity contribution in [3.8, 4) is 11.1 Å². The summed E-state index contributed by atoms with van der Waals surface area (Å²) in [5.41, 5.74) is 0.0293. The second kappa shape index (κ2) is 6.13. The third-order valence-electron chi connectivity index (χ3n) is 3.50. The molecule has 0 unspecified atom stereocenters. The summed E-state index contributed by atoms with van der Waals surface area (Å²) in [4.78, 5) is 15.8. The zero-order valence-corrected chi connectivity index (χ0v) is 13.0.